The normalized spacial score (nSPS) is 11.1. The van der Waals surface area contributed by atoms with Gasteiger partial charge < -0.3 is 4.74 Å². The van der Waals surface area contributed by atoms with Gasteiger partial charge in [0.1, 0.15) is 11.5 Å². The first-order chi connectivity index (χ1) is 11.3. The molecule has 3 aromatic rings. The second-order valence-electron chi connectivity index (χ2n) is 4.82. The topological polar surface area (TPSA) is 59.4 Å². The molecule has 23 heavy (non-hydrogen) atoms. The molecule has 0 aliphatic heterocycles. The van der Waals surface area contributed by atoms with Gasteiger partial charge in [-0.05, 0) is 55.0 Å². The number of hydrogen-bond acceptors (Lipinski definition) is 5. The second kappa shape index (κ2) is 7.17. The summed E-state index contributed by atoms with van der Waals surface area (Å²) in [6.07, 6.45) is 3.33. The van der Waals surface area contributed by atoms with Crippen molar-refractivity contribution in [2.24, 2.45) is 5.10 Å². The Morgan fingerprint density at radius 1 is 0.870 bits per heavy atom. The Kier molecular flexibility index (Phi) is 4.59. The zero-order valence-corrected chi connectivity index (χ0v) is 12.7. The molecule has 1 heterocycles. The van der Waals surface area contributed by atoms with Crippen LogP contribution in [0, 0.1) is 0 Å². The third-order valence-electron chi connectivity index (χ3n) is 3.14. The SMILES string of the molecule is C/C(=N/Nc1ncccn1)c1ccc(Oc2ccccc2)cc1. The molecule has 0 atom stereocenters. The molecule has 1 N–H and O–H groups in total. The number of hydrogen-bond donors (Lipinski definition) is 1. The number of ether oxygens (including phenoxy) is 1. The van der Waals surface area contributed by atoms with Crippen molar-refractivity contribution < 1.29 is 4.74 Å². The molecule has 0 unspecified atom stereocenters. The molecule has 5 nitrogen and oxygen atoms in total. The molecule has 0 fully saturated rings. The highest BCUT2D eigenvalue weighted by molar-refractivity contribution is 5.99. The van der Waals surface area contributed by atoms with Crippen LogP contribution in [0.15, 0.2) is 78.2 Å². The van der Waals surface area contributed by atoms with Crippen LogP contribution in [0.4, 0.5) is 5.95 Å². The van der Waals surface area contributed by atoms with E-state index in [1.807, 2.05) is 61.5 Å². The Morgan fingerprint density at radius 2 is 1.52 bits per heavy atom. The predicted molar refractivity (Wildman–Crippen MR) is 90.8 cm³/mol. The van der Waals surface area contributed by atoms with E-state index >= 15 is 0 Å². The van der Waals surface area contributed by atoms with Gasteiger partial charge in [0.05, 0.1) is 5.71 Å². The van der Waals surface area contributed by atoms with Crippen molar-refractivity contribution in [3.63, 3.8) is 0 Å². The van der Waals surface area contributed by atoms with Crippen LogP contribution >= 0.6 is 0 Å². The number of anilines is 1. The maximum absolute atomic E-state index is 5.77. The predicted octanol–water partition coefficient (Wildman–Crippen LogP) is 4.11. The molecule has 114 valence electrons. The summed E-state index contributed by atoms with van der Waals surface area (Å²) in [4.78, 5) is 8.11. The van der Waals surface area contributed by atoms with Crippen molar-refractivity contribution in [2.75, 3.05) is 5.43 Å². The van der Waals surface area contributed by atoms with Crippen LogP contribution in [0.3, 0.4) is 0 Å². The van der Waals surface area contributed by atoms with Gasteiger partial charge in [-0.3, -0.25) is 0 Å². The zero-order valence-electron chi connectivity index (χ0n) is 12.7. The molecule has 0 amide bonds. The van der Waals surface area contributed by atoms with Crippen molar-refractivity contribution in [3.05, 3.63) is 78.6 Å². The molecule has 0 spiro atoms. The van der Waals surface area contributed by atoms with Crippen LogP contribution in [0.25, 0.3) is 0 Å². The van der Waals surface area contributed by atoms with Gasteiger partial charge in [-0.2, -0.15) is 5.10 Å². The van der Waals surface area contributed by atoms with Crippen LogP contribution < -0.4 is 10.2 Å². The van der Waals surface area contributed by atoms with E-state index in [2.05, 4.69) is 20.5 Å². The Labute approximate surface area is 134 Å². The number of benzene rings is 2. The molecule has 0 aliphatic carbocycles. The Hall–Kier alpha value is -3.21. The van der Waals surface area contributed by atoms with Gasteiger partial charge in [0.2, 0.25) is 5.95 Å². The monoisotopic (exact) mass is 304 g/mol. The van der Waals surface area contributed by atoms with Gasteiger partial charge >= 0.3 is 0 Å². The van der Waals surface area contributed by atoms with Crippen LogP contribution in [0.5, 0.6) is 11.5 Å². The quantitative estimate of drug-likeness (QED) is 0.569. The average molecular weight is 304 g/mol. The highest BCUT2D eigenvalue weighted by atomic mass is 16.5. The Bertz CT molecular complexity index is 771. The number of para-hydroxylation sites is 1. The maximum atomic E-state index is 5.77. The second-order valence-corrected chi connectivity index (χ2v) is 4.82. The van der Waals surface area contributed by atoms with E-state index in [9.17, 15) is 0 Å². The van der Waals surface area contributed by atoms with E-state index in [0.29, 0.717) is 5.95 Å². The molecule has 0 saturated heterocycles. The standard InChI is InChI=1S/C18H16N4O/c1-14(21-22-18-19-12-5-13-20-18)15-8-10-17(11-9-15)23-16-6-3-2-4-7-16/h2-13H,1H3,(H,19,20,22)/b21-14-. The van der Waals surface area contributed by atoms with Crippen molar-refractivity contribution in [1.29, 1.82) is 0 Å². The van der Waals surface area contributed by atoms with E-state index in [4.69, 9.17) is 4.74 Å². The maximum Gasteiger partial charge on any atom is 0.243 e. The summed E-state index contributed by atoms with van der Waals surface area (Å²) in [7, 11) is 0. The fraction of sp³-hybridized carbons (Fsp3) is 0.0556. The van der Waals surface area contributed by atoms with Crippen molar-refractivity contribution in [3.8, 4) is 11.5 Å². The summed E-state index contributed by atoms with van der Waals surface area (Å²) >= 11 is 0. The zero-order chi connectivity index (χ0) is 15.9. The molecule has 0 bridgehead atoms. The lowest BCUT2D eigenvalue weighted by molar-refractivity contribution is 0.482. The molecular weight excluding hydrogens is 288 g/mol. The lowest BCUT2D eigenvalue weighted by atomic mass is 10.1. The van der Waals surface area contributed by atoms with E-state index in [0.717, 1.165) is 22.8 Å². The smallest absolute Gasteiger partial charge is 0.243 e. The van der Waals surface area contributed by atoms with Crippen LogP contribution in [-0.4, -0.2) is 15.7 Å². The Balaban J connectivity index is 1.66. The first-order valence-corrected chi connectivity index (χ1v) is 7.22. The highest BCUT2D eigenvalue weighted by Crippen LogP contribution is 2.21. The van der Waals surface area contributed by atoms with E-state index in [1.54, 1.807) is 18.5 Å². The lowest BCUT2D eigenvalue weighted by Gasteiger charge is -2.07. The van der Waals surface area contributed by atoms with E-state index in [-0.39, 0.29) is 0 Å². The van der Waals surface area contributed by atoms with Gasteiger partial charge in [-0.1, -0.05) is 18.2 Å². The lowest BCUT2D eigenvalue weighted by Crippen LogP contribution is -2.01. The minimum atomic E-state index is 0.468. The summed E-state index contributed by atoms with van der Waals surface area (Å²) in [6.45, 7) is 1.92. The average Bonchev–Trinajstić information content (AvgIpc) is 2.62. The van der Waals surface area contributed by atoms with E-state index < -0.39 is 0 Å². The summed E-state index contributed by atoms with van der Waals surface area (Å²) in [6, 6.07) is 19.2. The molecule has 2 aromatic carbocycles. The summed E-state index contributed by atoms with van der Waals surface area (Å²) < 4.78 is 5.77. The number of nitrogens with one attached hydrogen (secondary N) is 1. The molecule has 5 heteroatoms. The van der Waals surface area contributed by atoms with Gasteiger partial charge in [-0.25, -0.2) is 15.4 Å². The molecule has 0 saturated carbocycles. The Morgan fingerprint density at radius 3 is 2.22 bits per heavy atom. The van der Waals surface area contributed by atoms with Gasteiger partial charge in [-0.15, -0.1) is 0 Å². The third-order valence-corrected chi connectivity index (χ3v) is 3.14. The van der Waals surface area contributed by atoms with Crippen LogP contribution in [0.1, 0.15) is 12.5 Å². The molecule has 3 rings (SSSR count). The van der Waals surface area contributed by atoms with Gasteiger partial charge in [0.15, 0.2) is 0 Å². The molecule has 0 radical (unpaired) electrons. The largest absolute Gasteiger partial charge is 0.457 e. The van der Waals surface area contributed by atoms with Gasteiger partial charge in [0, 0.05) is 12.4 Å². The first kappa shape index (κ1) is 14.7. The van der Waals surface area contributed by atoms with Gasteiger partial charge in [0.25, 0.3) is 0 Å². The fourth-order valence-electron chi connectivity index (χ4n) is 1.94. The first-order valence-electron chi connectivity index (χ1n) is 7.22. The minimum Gasteiger partial charge on any atom is -0.457 e. The van der Waals surface area contributed by atoms with Crippen molar-refractivity contribution >= 4 is 11.7 Å². The van der Waals surface area contributed by atoms with Crippen molar-refractivity contribution in [1.82, 2.24) is 9.97 Å². The molecule has 0 aliphatic rings. The van der Waals surface area contributed by atoms with E-state index in [1.165, 1.54) is 0 Å². The summed E-state index contributed by atoms with van der Waals surface area (Å²) in [5.41, 5.74) is 4.66. The number of hydrazone groups is 1. The van der Waals surface area contributed by atoms with Crippen LogP contribution in [0.2, 0.25) is 0 Å². The number of nitrogens with zero attached hydrogens (tertiary/aromatic N) is 3. The van der Waals surface area contributed by atoms with Crippen LogP contribution in [-0.2, 0) is 0 Å². The summed E-state index contributed by atoms with van der Waals surface area (Å²) in [5.74, 6) is 2.07. The molecular formula is C18H16N4O. The van der Waals surface area contributed by atoms with Crippen molar-refractivity contribution in [2.45, 2.75) is 6.92 Å². The number of aromatic nitrogens is 2. The fourth-order valence-corrected chi connectivity index (χ4v) is 1.94. The highest BCUT2D eigenvalue weighted by Gasteiger charge is 2.01. The third kappa shape index (κ3) is 4.14. The minimum absolute atomic E-state index is 0.468. The number of rotatable bonds is 5. The molecule has 1 aromatic heterocycles. The summed E-state index contributed by atoms with van der Waals surface area (Å²) in [5, 5.41) is 4.28.